The number of rotatable bonds is 7. The Morgan fingerprint density at radius 2 is 1.95 bits per heavy atom. The molecular formula is C15H27NO4. The number of carboxylic acids is 1. The van der Waals surface area contributed by atoms with E-state index in [2.05, 4.69) is 0 Å². The zero-order chi connectivity index (χ0) is 15.3. The van der Waals surface area contributed by atoms with E-state index in [4.69, 9.17) is 4.74 Å². The van der Waals surface area contributed by atoms with Crippen molar-refractivity contribution in [2.24, 2.45) is 17.8 Å². The highest BCUT2D eigenvalue weighted by Gasteiger charge is 2.43. The molecule has 1 aliphatic carbocycles. The van der Waals surface area contributed by atoms with Crippen molar-refractivity contribution in [2.75, 3.05) is 20.3 Å². The van der Waals surface area contributed by atoms with Crippen LogP contribution < -0.4 is 0 Å². The van der Waals surface area contributed by atoms with Crippen molar-refractivity contribution in [2.45, 2.75) is 46.1 Å². The van der Waals surface area contributed by atoms with Gasteiger partial charge in [0.2, 0.25) is 5.91 Å². The minimum atomic E-state index is -0.844. The minimum Gasteiger partial charge on any atom is -0.481 e. The van der Waals surface area contributed by atoms with Crippen LogP contribution in [0.15, 0.2) is 0 Å². The molecule has 1 N–H and O–H groups in total. The van der Waals surface area contributed by atoms with Crippen LogP contribution in [0.5, 0.6) is 0 Å². The normalized spacial score (nSPS) is 27.3. The minimum absolute atomic E-state index is 0.0202. The molecule has 0 radical (unpaired) electrons. The summed E-state index contributed by atoms with van der Waals surface area (Å²) in [6.45, 7) is 7.06. The van der Waals surface area contributed by atoms with Gasteiger partial charge in [-0.25, -0.2) is 0 Å². The average molecular weight is 285 g/mol. The maximum atomic E-state index is 12.7. The van der Waals surface area contributed by atoms with E-state index >= 15 is 0 Å². The van der Waals surface area contributed by atoms with Crippen LogP contribution in [0.2, 0.25) is 0 Å². The first kappa shape index (κ1) is 17.0. The number of amides is 1. The fraction of sp³-hybridized carbons (Fsp3) is 0.867. The molecule has 0 bridgehead atoms. The average Bonchev–Trinajstić information content (AvgIpc) is 2.80. The third-order valence-corrected chi connectivity index (χ3v) is 4.37. The molecule has 0 aromatic heterocycles. The summed E-state index contributed by atoms with van der Waals surface area (Å²) < 4.78 is 5.06. The number of aliphatic carboxylic acids is 1. The summed E-state index contributed by atoms with van der Waals surface area (Å²) in [5.74, 6) is -1.48. The molecule has 20 heavy (non-hydrogen) atoms. The van der Waals surface area contributed by atoms with Gasteiger partial charge in [0.05, 0.1) is 18.4 Å². The van der Waals surface area contributed by atoms with Crippen LogP contribution in [-0.2, 0) is 14.3 Å². The Labute approximate surface area is 121 Å². The van der Waals surface area contributed by atoms with Crippen LogP contribution in [0.4, 0.5) is 0 Å². The number of nitrogens with zero attached hydrogens (tertiary/aromatic N) is 1. The van der Waals surface area contributed by atoms with Gasteiger partial charge in [-0.3, -0.25) is 9.59 Å². The van der Waals surface area contributed by atoms with E-state index in [1.165, 1.54) is 0 Å². The Bertz CT molecular complexity index is 345. The van der Waals surface area contributed by atoms with E-state index in [1.54, 1.807) is 12.0 Å². The van der Waals surface area contributed by atoms with Gasteiger partial charge in [-0.05, 0) is 32.1 Å². The number of hydrogen-bond donors (Lipinski definition) is 1. The zero-order valence-electron chi connectivity index (χ0n) is 13.0. The molecule has 1 rings (SSSR count). The number of hydrogen-bond acceptors (Lipinski definition) is 3. The highest BCUT2D eigenvalue weighted by molar-refractivity contribution is 5.85. The fourth-order valence-electron chi connectivity index (χ4n) is 3.01. The first-order chi connectivity index (χ1) is 9.42. The van der Waals surface area contributed by atoms with Crippen molar-refractivity contribution in [3.05, 3.63) is 0 Å². The van der Waals surface area contributed by atoms with Gasteiger partial charge >= 0.3 is 5.97 Å². The Morgan fingerprint density at radius 3 is 2.45 bits per heavy atom. The topological polar surface area (TPSA) is 66.8 Å². The van der Waals surface area contributed by atoms with E-state index in [0.29, 0.717) is 31.9 Å². The molecule has 0 aromatic rings. The SMILES string of the molecule is CCC(C)N(CCOC)C(=O)C1CC(C)CC1C(=O)O. The standard InChI is InChI=1S/C15H27NO4/c1-5-11(3)16(6-7-20-4)14(17)12-8-10(2)9-13(12)15(18)19/h10-13H,5-9H2,1-4H3,(H,18,19). The Kier molecular flexibility index (Phi) is 6.46. The van der Waals surface area contributed by atoms with Crippen molar-refractivity contribution >= 4 is 11.9 Å². The lowest BCUT2D eigenvalue weighted by Crippen LogP contribution is -2.45. The molecule has 1 fully saturated rings. The van der Waals surface area contributed by atoms with Gasteiger partial charge in [0.25, 0.3) is 0 Å². The molecule has 0 aliphatic heterocycles. The van der Waals surface area contributed by atoms with Gasteiger partial charge in [0, 0.05) is 19.7 Å². The van der Waals surface area contributed by atoms with Crippen molar-refractivity contribution in [1.29, 1.82) is 0 Å². The molecule has 0 aromatic carbocycles. The summed E-state index contributed by atoms with van der Waals surface area (Å²) in [6, 6.07) is 0.114. The third-order valence-electron chi connectivity index (χ3n) is 4.37. The first-order valence-corrected chi connectivity index (χ1v) is 7.44. The first-order valence-electron chi connectivity index (χ1n) is 7.44. The number of ether oxygens (including phenoxy) is 1. The predicted molar refractivity (Wildman–Crippen MR) is 76.4 cm³/mol. The number of methoxy groups -OCH3 is 1. The second-order valence-corrected chi connectivity index (χ2v) is 5.91. The summed E-state index contributed by atoms with van der Waals surface area (Å²) in [5.41, 5.74) is 0. The molecule has 1 aliphatic rings. The van der Waals surface area contributed by atoms with Crippen molar-refractivity contribution in [1.82, 2.24) is 4.90 Å². The molecule has 116 valence electrons. The summed E-state index contributed by atoms with van der Waals surface area (Å²) in [6.07, 6.45) is 2.13. The molecule has 0 heterocycles. The lowest BCUT2D eigenvalue weighted by atomic mass is 9.94. The van der Waals surface area contributed by atoms with Gasteiger partial charge in [0.1, 0.15) is 0 Å². The summed E-state index contributed by atoms with van der Waals surface area (Å²) in [7, 11) is 1.61. The quantitative estimate of drug-likeness (QED) is 0.777. The van der Waals surface area contributed by atoms with Gasteiger partial charge in [-0.15, -0.1) is 0 Å². The molecule has 0 saturated heterocycles. The van der Waals surface area contributed by atoms with Crippen molar-refractivity contribution < 1.29 is 19.4 Å². The van der Waals surface area contributed by atoms with Crippen LogP contribution in [-0.4, -0.2) is 48.2 Å². The summed E-state index contributed by atoms with van der Waals surface area (Å²) >= 11 is 0. The van der Waals surface area contributed by atoms with Crippen molar-refractivity contribution in [3.8, 4) is 0 Å². The Morgan fingerprint density at radius 1 is 1.35 bits per heavy atom. The monoisotopic (exact) mass is 285 g/mol. The largest absolute Gasteiger partial charge is 0.481 e. The van der Waals surface area contributed by atoms with Crippen LogP contribution in [0.3, 0.4) is 0 Å². The van der Waals surface area contributed by atoms with Gasteiger partial charge in [0.15, 0.2) is 0 Å². The fourth-order valence-corrected chi connectivity index (χ4v) is 3.01. The van der Waals surface area contributed by atoms with Gasteiger partial charge in [-0.1, -0.05) is 13.8 Å². The molecule has 4 unspecified atom stereocenters. The Hall–Kier alpha value is -1.10. The van der Waals surface area contributed by atoms with Crippen LogP contribution in [0.25, 0.3) is 0 Å². The number of carboxylic acid groups (broad SMARTS) is 1. The van der Waals surface area contributed by atoms with Crippen LogP contribution in [0.1, 0.15) is 40.0 Å². The zero-order valence-corrected chi connectivity index (χ0v) is 13.0. The van der Waals surface area contributed by atoms with E-state index in [-0.39, 0.29) is 17.9 Å². The van der Waals surface area contributed by atoms with Gasteiger partial charge in [-0.2, -0.15) is 0 Å². The van der Waals surface area contributed by atoms with Crippen molar-refractivity contribution in [3.63, 3.8) is 0 Å². The number of carbonyl (C=O) groups is 2. The molecule has 5 nitrogen and oxygen atoms in total. The highest BCUT2D eigenvalue weighted by atomic mass is 16.5. The predicted octanol–water partition coefficient (Wildman–Crippen LogP) is 2.01. The summed E-state index contributed by atoms with van der Waals surface area (Å²) in [4.78, 5) is 25.9. The van der Waals surface area contributed by atoms with E-state index < -0.39 is 11.9 Å². The molecule has 4 atom stereocenters. The molecule has 1 saturated carbocycles. The Balaban J connectivity index is 2.84. The van der Waals surface area contributed by atoms with E-state index in [1.807, 2.05) is 20.8 Å². The molecule has 5 heteroatoms. The molecule has 0 spiro atoms. The second kappa shape index (κ2) is 7.62. The van der Waals surface area contributed by atoms with Crippen LogP contribution >= 0.6 is 0 Å². The smallest absolute Gasteiger partial charge is 0.307 e. The van der Waals surface area contributed by atoms with E-state index in [9.17, 15) is 14.7 Å². The maximum absolute atomic E-state index is 12.7. The maximum Gasteiger partial charge on any atom is 0.307 e. The van der Waals surface area contributed by atoms with E-state index in [0.717, 1.165) is 6.42 Å². The third kappa shape index (κ3) is 3.95. The molecular weight excluding hydrogens is 258 g/mol. The lowest BCUT2D eigenvalue weighted by Gasteiger charge is -2.32. The van der Waals surface area contributed by atoms with Gasteiger partial charge < -0.3 is 14.7 Å². The summed E-state index contributed by atoms with van der Waals surface area (Å²) in [5, 5.41) is 9.31. The molecule has 1 amide bonds. The van der Waals surface area contributed by atoms with Crippen LogP contribution in [0, 0.1) is 17.8 Å². The lowest BCUT2D eigenvalue weighted by molar-refractivity contribution is -0.150. The highest BCUT2D eigenvalue weighted by Crippen LogP contribution is 2.37. The number of carbonyl (C=O) groups excluding carboxylic acids is 1. The second-order valence-electron chi connectivity index (χ2n) is 5.91.